The molecule has 0 unspecified atom stereocenters. The number of benzene rings is 1. The minimum absolute atomic E-state index is 0.209. The summed E-state index contributed by atoms with van der Waals surface area (Å²) in [7, 11) is 1.64. The molecule has 0 spiro atoms. The maximum atomic E-state index is 12.2. The Bertz CT molecular complexity index is 524. The van der Waals surface area contributed by atoms with Gasteiger partial charge in [-0.2, -0.15) is 0 Å². The predicted octanol–water partition coefficient (Wildman–Crippen LogP) is 2.73. The third-order valence-corrected chi connectivity index (χ3v) is 4.33. The van der Waals surface area contributed by atoms with E-state index in [2.05, 4.69) is 0 Å². The molecular weight excluding hydrogens is 268 g/mol. The van der Waals surface area contributed by atoms with Gasteiger partial charge in [-0.25, -0.2) is 0 Å². The van der Waals surface area contributed by atoms with Gasteiger partial charge in [-0.15, -0.1) is 0 Å². The molecular formula is C17H24O4. The van der Waals surface area contributed by atoms with E-state index in [1.165, 1.54) is 0 Å². The van der Waals surface area contributed by atoms with Gasteiger partial charge in [0.25, 0.3) is 0 Å². The lowest BCUT2D eigenvalue weighted by Gasteiger charge is -2.24. The minimum atomic E-state index is -0.510. The molecule has 3 atom stereocenters. The zero-order chi connectivity index (χ0) is 15.6. The molecule has 1 aliphatic rings. The largest absolute Gasteiger partial charge is 0.496 e. The van der Waals surface area contributed by atoms with Crippen LogP contribution in [0.2, 0.25) is 0 Å². The van der Waals surface area contributed by atoms with Crippen molar-refractivity contribution in [1.29, 1.82) is 0 Å². The average Bonchev–Trinajstić information content (AvgIpc) is 2.83. The fourth-order valence-electron chi connectivity index (χ4n) is 3.33. The molecule has 1 fully saturated rings. The van der Waals surface area contributed by atoms with Crippen molar-refractivity contribution in [3.05, 3.63) is 28.8 Å². The van der Waals surface area contributed by atoms with Crippen LogP contribution in [0.4, 0.5) is 0 Å². The van der Waals surface area contributed by atoms with Crippen LogP contribution in [0, 0.1) is 19.8 Å². The highest BCUT2D eigenvalue weighted by molar-refractivity contribution is 5.74. The highest BCUT2D eigenvalue weighted by atomic mass is 16.5. The van der Waals surface area contributed by atoms with E-state index in [1.807, 2.05) is 26.0 Å². The number of aryl methyl sites for hydroxylation is 1. The predicted molar refractivity (Wildman–Crippen MR) is 80.6 cm³/mol. The average molecular weight is 292 g/mol. The SMILES string of the molecule is CCOC(=O)[C@H]1CC[C@H](O)[C@@H]1c1cc(C)cc(OC)c1C. The van der Waals surface area contributed by atoms with Gasteiger partial charge in [0, 0.05) is 5.92 Å². The normalized spacial score (nSPS) is 24.9. The monoisotopic (exact) mass is 292 g/mol. The number of hydrogen-bond acceptors (Lipinski definition) is 4. The standard InChI is InChI=1S/C17H24O4/c1-5-21-17(19)12-6-7-14(18)16(12)13-8-10(2)9-15(20-4)11(13)3/h8-9,12,14,16,18H,5-7H2,1-4H3/t12-,14-,16-/m0/s1. The van der Waals surface area contributed by atoms with Crippen LogP contribution in [0.5, 0.6) is 5.75 Å². The van der Waals surface area contributed by atoms with Gasteiger partial charge in [0.2, 0.25) is 0 Å². The van der Waals surface area contributed by atoms with Crippen LogP contribution in [-0.2, 0) is 9.53 Å². The van der Waals surface area contributed by atoms with Crippen molar-refractivity contribution in [2.24, 2.45) is 5.92 Å². The van der Waals surface area contributed by atoms with Gasteiger partial charge in [-0.1, -0.05) is 6.07 Å². The smallest absolute Gasteiger partial charge is 0.309 e. The van der Waals surface area contributed by atoms with Crippen molar-refractivity contribution in [3.63, 3.8) is 0 Å². The van der Waals surface area contributed by atoms with Crippen LogP contribution in [0.3, 0.4) is 0 Å². The Kier molecular flexibility index (Phi) is 4.88. The molecule has 0 aromatic heterocycles. The Labute approximate surface area is 126 Å². The number of carbonyl (C=O) groups is 1. The lowest BCUT2D eigenvalue weighted by atomic mass is 9.84. The molecule has 0 bridgehead atoms. The molecule has 1 aromatic rings. The topological polar surface area (TPSA) is 55.8 Å². The Morgan fingerprint density at radius 3 is 2.67 bits per heavy atom. The van der Waals surface area contributed by atoms with Crippen LogP contribution in [-0.4, -0.2) is 30.9 Å². The number of methoxy groups -OCH3 is 1. The van der Waals surface area contributed by atoms with E-state index in [1.54, 1.807) is 14.0 Å². The number of aliphatic hydroxyl groups is 1. The summed E-state index contributed by atoms with van der Waals surface area (Å²) in [5, 5.41) is 10.4. The van der Waals surface area contributed by atoms with Crippen molar-refractivity contribution in [3.8, 4) is 5.75 Å². The summed E-state index contributed by atoms with van der Waals surface area (Å²) in [4.78, 5) is 12.2. The van der Waals surface area contributed by atoms with Gasteiger partial charge in [-0.3, -0.25) is 4.79 Å². The number of rotatable bonds is 4. The van der Waals surface area contributed by atoms with Crippen molar-refractivity contribution in [2.45, 2.75) is 45.6 Å². The summed E-state index contributed by atoms with van der Waals surface area (Å²) < 4.78 is 10.6. The van der Waals surface area contributed by atoms with Gasteiger partial charge in [0.05, 0.1) is 25.7 Å². The molecule has 116 valence electrons. The molecule has 4 heteroatoms. The molecule has 0 heterocycles. The van der Waals surface area contributed by atoms with Crippen LogP contribution >= 0.6 is 0 Å². The van der Waals surface area contributed by atoms with Crippen molar-refractivity contribution in [2.75, 3.05) is 13.7 Å². The molecule has 1 N–H and O–H groups in total. The summed E-state index contributed by atoms with van der Waals surface area (Å²) in [6.07, 6.45) is 0.786. The number of hydrogen-bond donors (Lipinski definition) is 1. The number of carbonyl (C=O) groups excluding carboxylic acids is 1. The Morgan fingerprint density at radius 2 is 2.05 bits per heavy atom. The quantitative estimate of drug-likeness (QED) is 0.867. The van der Waals surface area contributed by atoms with Crippen molar-refractivity contribution >= 4 is 5.97 Å². The zero-order valence-corrected chi connectivity index (χ0v) is 13.2. The van der Waals surface area contributed by atoms with E-state index in [0.29, 0.717) is 19.4 Å². The number of ether oxygens (including phenoxy) is 2. The fourth-order valence-corrected chi connectivity index (χ4v) is 3.33. The first-order valence-corrected chi connectivity index (χ1v) is 7.49. The maximum absolute atomic E-state index is 12.2. The van der Waals surface area contributed by atoms with Crippen LogP contribution in [0.25, 0.3) is 0 Å². The lowest BCUT2D eigenvalue weighted by Crippen LogP contribution is -2.25. The van der Waals surface area contributed by atoms with Crippen LogP contribution < -0.4 is 4.74 Å². The third-order valence-electron chi connectivity index (χ3n) is 4.33. The van der Waals surface area contributed by atoms with Crippen molar-refractivity contribution < 1.29 is 19.4 Å². The Balaban J connectivity index is 2.42. The van der Waals surface area contributed by atoms with Crippen LogP contribution in [0.1, 0.15) is 42.4 Å². The van der Waals surface area contributed by atoms with E-state index >= 15 is 0 Å². The summed E-state index contributed by atoms with van der Waals surface area (Å²) in [6, 6.07) is 4.02. The molecule has 0 saturated heterocycles. The highest BCUT2D eigenvalue weighted by Crippen LogP contribution is 2.43. The first-order valence-electron chi connectivity index (χ1n) is 7.49. The molecule has 1 aliphatic carbocycles. The molecule has 0 aliphatic heterocycles. The van der Waals surface area contributed by atoms with Gasteiger partial charge >= 0.3 is 5.97 Å². The van der Waals surface area contributed by atoms with Gasteiger partial charge < -0.3 is 14.6 Å². The van der Waals surface area contributed by atoms with E-state index in [4.69, 9.17) is 9.47 Å². The second-order valence-electron chi connectivity index (χ2n) is 5.71. The molecule has 0 radical (unpaired) electrons. The van der Waals surface area contributed by atoms with E-state index < -0.39 is 6.10 Å². The molecule has 4 nitrogen and oxygen atoms in total. The van der Waals surface area contributed by atoms with E-state index in [-0.39, 0.29) is 17.8 Å². The van der Waals surface area contributed by atoms with E-state index in [0.717, 1.165) is 22.4 Å². The van der Waals surface area contributed by atoms with E-state index in [9.17, 15) is 9.90 Å². The fraction of sp³-hybridized carbons (Fsp3) is 0.588. The van der Waals surface area contributed by atoms with Gasteiger partial charge in [0.15, 0.2) is 0 Å². The lowest BCUT2D eigenvalue weighted by molar-refractivity contribution is -0.148. The summed E-state index contributed by atoms with van der Waals surface area (Å²) in [6.45, 7) is 6.14. The number of aliphatic hydroxyl groups excluding tert-OH is 1. The zero-order valence-electron chi connectivity index (χ0n) is 13.2. The molecule has 1 saturated carbocycles. The van der Waals surface area contributed by atoms with Gasteiger partial charge in [-0.05, 0) is 56.4 Å². The maximum Gasteiger partial charge on any atom is 0.309 e. The minimum Gasteiger partial charge on any atom is -0.496 e. The molecule has 1 aromatic carbocycles. The third kappa shape index (κ3) is 3.05. The van der Waals surface area contributed by atoms with Gasteiger partial charge in [0.1, 0.15) is 5.75 Å². The second-order valence-corrected chi connectivity index (χ2v) is 5.71. The molecule has 21 heavy (non-hydrogen) atoms. The number of esters is 1. The van der Waals surface area contributed by atoms with Crippen LogP contribution in [0.15, 0.2) is 12.1 Å². The van der Waals surface area contributed by atoms with Crippen molar-refractivity contribution in [1.82, 2.24) is 0 Å². The molecule has 0 amide bonds. The second kappa shape index (κ2) is 6.48. The highest BCUT2D eigenvalue weighted by Gasteiger charge is 2.42. The first-order chi connectivity index (χ1) is 9.99. The first kappa shape index (κ1) is 15.8. The summed E-state index contributed by atoms with van der Waals surface area (Å²) in [5.41, 5.74) is 3.05. The summed E-state index contributed by atoms with van der Waals surface area (Å²) >= 11 is 0. The molecule has 2 rings (SSSR count). The Morgan fingerprint density at radius 1 is 1.33 bits per heavy atom. The summed E-state index contributed by atoms with van der Waals surface area (Å²) in [5.74, 6) is 0.105. The Hall–Kier alpha value is -1.55.